The lowest BCUT2D eigenvalue weighted by molar-refractivity contribution is -0.158. The Morgan fingerprint density at radius 1 is 1.21 bits per heavy atom. The van der Waals surface area contributed by atoms with E-state index in [1.165, 1.54) is 20.5 Å². The van der Waals surface area contributed by atoms with Gasteiger partial charge in [0.1, 0.15) is 6.04 Å². The lowest BCUT2D eigenvalue weighted by Gasteiger charge is -2.45. The van der Waals surface area contributed by atoms with E-state index in [1.54, 1.807) is 16.8 Å². The van der Waals surface area contributed by atoms with Gasteiger partial charge in [-0.3, -0.25) is 14.5 Å². The number of amides is 2. The standard InChI is InChI=1S/C18H21N3O2S/c1-12-14(13-5-3-4-6-16(13)24-12)9-20-7-8-21-15(10-20)18(23)19(2)11-17(21)22/h3-6,15H,7-11H2,1-2H3/t15-/m1/s1. The summed E-state index contributed by atoms with van der Waals surface area (Å²) < 4.78 is 1.31. The van der Waals surface area contributed by atoms with Gasteiger partial charge in [-0.05, 0) is 23.9 Å². The number of nitrogens with zero attached hydrogens (tertiary/aromatic N) is 3. The van der Waals surface area contributed by atoms with Crippen molar-refractivity contribution >= 4 is 33.2 Å². The number of hydrogen-bond donors (Lipinski definition) is 0. The molecule has 0 saturated carbocycles. The summed E-state index contributed by atoms with van der Waals surface area (Å²) in [6.07, 6.45) is 0. The Kier molecular flexibility index (Phi) is 3.81. The summed E-state index contributed by atoms with van der Waals surface area (Å²) >= 11 is 1.83. The zero-order valence-corrected chi connectivity index (χ0v) is 14.8. The number of hydrogen-bond acceptors (Lipinski definition) is 4. The second-order valence-corrected chi connectivity index (χ2v) is 7.92. The van der Waals surface area contributed by atoms with Crippen molar-refractivity contribution in [1.29, 1.82) is 0 Å². The molecule has 6 heteroatoms. The molecule has 2 amide bonds. The van der Waals surface area contributed by atoms with Crippen LogP contribution < -0.4 is 0 Å². The smallest absolute Gasteiger partial charge is 0.246 e. The minimum absolute atomic E-state index is 0.0613. The normalized spacial score (nSPS) is 22.3. The molecule has 3 heterocycles. The largest absolute Gasteiger partial charge is 0.335 e. The number of piperazine rings is 2. The molecule has 2 aliphatic heterocycles. The van der Waals surface area contributed by atoms with Crippen LogP contribution in [0.2, 0.25) is 0 Å². The van der Waals surface area contributed by atoms with Gasteiger partial charge in [0.25, 0.3) is 0 Å². The average molecular weight is 343 g/mol. The van der Waals surface area contributed by atoms with E-state index >= 15 is 0 Å². The third-order valence-corrected chi connectivity index (χ3v) is 6.23. The highest BCUT2D eigenvalue weighted by atomic mass is 32.1. The van der Waals surface area contributed by atoms with Crippen LogP contribution in [0.1, 0.15) is 10.4 Å². The van der Waals surface area contributed by atoms with Gasteiger partial charge >= 0.3 is 0 Å². The summed E-state index contributed by atoms with van der Waals surface area (Å²) in [7, 11) is 1.72. The fourth-order valence-corrected chi connectivity index (χ4v) is 4.84. The minimum Gasteiger partial charge on any atom is -0.335 e. The van der Waals surface area contributed by atoms with Gasteiger partial charge in [-0.15, -0.1) is 11.3 Å². The number of fused-ring (bicyclic) bond motifs is 2. The Hall–Kier alpha value is -1.92. The predicted molar refractivity (Wildman–Crippen MR) is 95.0 cm³/mol. The summed E-state index contributed by atoms with van der Waals surface area (Å²) in [5.74, 6) is 0.130. The molecule has 2 aliphatic rings. The zero-order valence-electron chi connectivity index (χ0n) is 14.0. The zero-order chi connectivity index (χ0) is 16.8. The number of carbonyl (C=O) groups excluding carboxylic acids is 2. The summed E-state index contributed by atoms with van der Waals surface area (Å²) in [6.45, 7) is 5.31. The van der Waals surface area contributed by atoms with Crippen LogP contribution in [0.4, 0.5) is 0 Å². The van der Waals surface area contributed by atoms with Crippen molar-refractivity contribution < 1.29 is 9.59 Å². The molecule has 0 spiro atoms. The molecule has 126 valence electrons. The molecule has 1 aromatic heterocycles. The number of rotatable bonds is 2. The molecule has 2 aromatic rings. The Labute approximate surface area is 145 Å². The lowest BCUT2D eigenvalue weighted by atomic mass is 10.1. The lowest BCUT2D eigenvalue weighted by Crippen LogP contribution is -2.65. The average Bonchev–Trinajstić information content (AvgIpc) is 2.88. The molecule has 1 aromatic carbocycles. The molecule has 0 aliphatic carbocycles. The summed E-state index contributed by atoms with van der Waals surface area (Å²) in [6, 6.07) is 8.16. The maximum absolute atomic E-state index is 12.4. The predicted octanol–water partition coefficient (Wildman–Crippen LogP) is 1.69. The van der Waals surface area contributed by atoms with Crippen LogP contribution in [0.15, 0.2) is 24.3 Å². The van der Waals surface area contributed by atoms with Crippen molar-refractivity contribution in [2.45, 2.75) is 19.5 Å². The van der Waals surface area contributed by atoms with Crippen LogP contribution in [0, 0.1) is 6.92 Å². The van der Waals surface area contributed by atoms with E-state index in [4.69, 9.17) is 0 Å². The summed E-state index contributed by atoms with van der Waals surface area (Å²) in [5.41, 5.74) is 1.35. The van der Waals surface area contributed by atoms with Crippen LogP contribution in [0.25, 0.3) is 10.1 Å². The topological polar surface area (TPSA) is 43.9 Å². The molecule has 24 heavy (non-hydrogen) atoms. The van der Waals surface area contributed by atoms with Crippen molar-refractivity contribution in [3.05, 3.63) is 34.7 Å². The number of benzene rings is 1. The van der Waals surface area contributed by atoms with Gasteiger partial charge in [0, 0.05) is 42.8 Å². The molecule has 2 fully saturated rings. The molecule has 0 bridgehead atoms. The van der Waals surface area contributed by atoms with E-state index in [0.717, 1.165) is 13.1 Å². The molecule has 5 nitrogen and oxygen atoms in total. The van der Waals surface area contributed by atoms with Crippen LogP contribution in [0.3, 0.4) is 0 Å². The number of aryl methyl sites for hydroxylation is 1. The number of thiophene rings is 1. The van der Waals surface area contributed by atoms with Gasteiger partial charge in [0.15, 0.2) is 0 Å². The van der Waals surface area contributed by atoms with Gasteiger partial charge in [-0.1, -0.05) is 18.2 Å². The SMILES string of the molecule is Cc1sc2ccccc2c1CN1CCN2C(=O)CN(C)C(=O)[C@H]2C1. The van der Waals surface area contributed by atoms with E-state index in [-0.39, 0.29) is 24.4 Å². The number of carbonyl (C=O) groups is 2. The third-order valence-electron chi connectivity index (χ3n) is 5.10. The first kappa shape index (κ1) is 15.6. The molecule has 4 rings (SSSR count). The first-order valence-corrected chi connectivity index (χ1v) is 9.10. The van der Waals surface area contributed by atoms with Crippen molar-refractivity contribution in [2.75, 3.05) is 33.2 Å². The highest BCUT2D eigenvalue weighted by Gasteiger charge is 2.41. The molecule has 0 radical (unpaired) electrons. The van der Waals surface area contributed by atoms with Gasteiger partial charge in [-0.2, -0.15) is 0 Å². The van der Waals surface area contributed by atoms with E-state index in [2.05, 4.69) is 36.1 Å². The fourth-order valence-electron chi connectivity index (χ4n) is 3.76. The quantitative estimate of drug-likeness (QED) is 0.834. The Bertz CT molecular complexity index is 816. The van der Waals surface area contributed by atoms with E-state index < -0.39 is 0 Å². The van der Waals surface area contributed by atoms with Crippen molar-refractivity contribution in [3.8, 4) is 0 Å². The van der Waals surface area contributed by atoms with Crippen LogP contribution >= 0.6 is 11.3 Å². The maximum atomic E-state index is 12.4. The molecule has 0 N–H and O–H groups in total. The Morgan fingerprint density at radius 2 is 2.00 bits per heavy atom. The monoisotopic (exact) mass is 343 g/mol. The van der Waals surface area contributed by atoms with Crippen LogP contribution in [-0.4, -0.2) is 65.8 Å². The number of likely N-dealkylation sites (N-methyl/N-ethyl adjacent to an activating group) is 1. The van der Waals surface area contributed by atoms with Gasteiger partial charge in [0.2, 0.25) is 11.8 Å². The summed E-state index contributed by atoms with van der Waals surface area (Å²) in [4.78, 5) is 31.6. The first-order chi connectivity index (χ1) is 11.5. The highest BCUT2D eigenvalue weighted by molar-refractivity contribution is 7.19. The van der Waals surface area contributed by atoms with Crippen LogP contribution in [0.5, 0.6) is 0 Å². The van der Waals surface area contributed by atoms with Crippen molar-refractivity contribution in [1.82, 2.24) is 14.7 Å². The molecular formula is C18H21N3O2S. The third kappa shape index (κ3) is 2.50. The van der Waals surface area contributed by atoms with Gasteiger partial charge < -0.3 is 9.80 Å². The van der Waals surface area contributed by atoms with Crippen LogP contribution in [-0.2, 0) is 16.1 Å². The molecule has 2 saturated heterocycles. The molecular weight excluding hydrogens is 322 g/mol. The van der Waals surface area contributed by atoms with E-state index in [0.29, 0.717) is 13.1 Å². The second kappa shape index (κ2) is 5.86. The van der Waals surface area contributed by atoms with E-state index in [9.17, 15) is 9.59 Å². The Balaban J connectivity index is 1.57. The molecule has 1 atom stereocenters. The van der Waals surface area contributed by atoms with Crippen molar-refractivity contribution in [2.24, 2.45) is 0 Å². The van der Waals surface area contributed by atoms with Crippen molar-refractivity contribution in [3.63, 3.8) is 0 Å². The molecule has 0 unspecified atom stereocenters. The van der Waals surface area contributed by atoms with Gasteiger partial charge in [-0.25, -0.2) is 0 Å². The fraction of sp³-hybridized carbons (Fsp3) is 0.444. The van der Waals surface area contributed by atoms with E-state index in [1.807, 2.05) is 11.3 Å². The highest BCUT2D eigenvalue weighted by Crippen LogP contribution is 2.32. The Morgan fingerprint density at radius 3 is 2.83 bits per heavy atom. The second-order valence-electron chi connectivity index (χ2n) is 6.67. The summed E-state index contributed by atoms with van der Waals surface area (Å²) in [5, 5.41) is 1.31. The van der Waals surface area contributed by atoms with Gasteiger partial charge in [0.05, 0.1) is 6.54 Å². The maximum Gasteiger partial charge on any atom is 0.246 e. The minimum atomic E-state index is -0.324. The first-order valence-electron chi connectivity index (χ1n) is 8.28.